The highest BCUT2D eigenvalue weighted by Crippen LogP contribution is 2.27. The molecule has 4 aromatic rings. The van der Waals surface area contributed by atoms with E-state index in [4.69, 9.17) is 0 Å². The number of benzene rings is 2. The van der Waals surface area contributed by atoms with Gasteiger partial charge in [-0.3, -0.25) is 4.79 Å². The molecule has 0 radical (unpaired) electrons. The SMILES string of the molecule is O=C(NCc1ccccc1)c1ccc(-c2ccnc3[nH]ccc23)cc1. The molecule has 0 atom stereocenters. The fraction of sp³-hybridized carbons (Fsp3) is 0.0476. The Hall–Kier alpha value is -3.40. The van der Waals surface area contributed by atoms with Crippen molar-refractivity contribution in [3.8, 4) is 11.1 Å². The Morgan fingerprint density at radius 3 is 2.56 bits per heavy atom. The summed E-state index contributed by atoms with van der Waals surface area (Å²) in [5.41, 5.74) is 4.76. The largest absolute Gasteiger partial charge is 0.348 e. The van der Waals surface area contributed by atoms with Crippen LogP contribution in [0, 0.1) is 0 Å². The summed E-state index contributed by atoms with van der Waals surface area (Å²) in [6.07, 6.45) is 3.67. The molecule has 2 aromatic heterocycles. The molecule has 0 fully saturated rings. The van der Waals surface area contributed by atoms with Crippen LogP contribution in [-0.4, -0.2) is 15.9 Å². The first-order valence-electron chi connectivity index (χ1n) is 8.16. The highest BCUT2D eigenvalue weighted by atomic mass is 16.1. The summed E-state index contributed by atoms with van der Waals surface area (Å²) in [5, 5.41) is 4.02. The summed E-state index contributed by atoms with van der Waals surface area (Å²) in [5.74, 6) is -0.0723. The normalized spacial score (nSPS) is 10.7. The van der Waals surface area contributed by atoms with Crippen LogP contribution in [0.25, 0.3) is 22.2 Å². The molecule has 1 amide bonds. The van der Waals surface area contributed by atoms with Crippen molar-refractivity contribution in [3.05, 3.63) is 90.3 Å². The lowest BCUT2D eigenvalue weighted by atomic mass is 10.0. The lowest BCUT2D eigenvalue weighted by molar-refractivity contribution is 0.0951. The van der Waals surface area contributed by atoms with Crippen molar-refractivity contribution in [1.82, 2.24) is 15.3 Å². The molecule has 25 heavy (non-hydrogen) atoms. The molecular formula is C21H17N3O. The molecule has 0 saturated heterocycles. The van der Waals surface area contributed by atoms with Crippen LogP contribution in [0.3, 0.4) is 0 Å². The molecule has 0 aliphatic carbocycles. The number of rotatable bonds is 4. The number of pyridine rings is 1. The van der Waals surface area contributed by atoms with Crippen LogP contribution < -0.4 is 5.32 Å². The molecule has 2 heterocycles. The van der Waals surface area contributed by atoms with Gasteiger partial charge in [-0.05, 0) is 41.0 Å². The molecule has 0 aliphatic rings. The molecular weight excluding hydrogens is 310 g/mol. The number of H-pyrrole nitrogens is 1. The zero-order valence-electron chi connectivity index (χ0n) is 13.6. The van der Waals surface area contributed by atoms with Crippen LogP contribution in [0.5, 0.6) is 0 Å². The van der Waals surface area contributed by atoms with E-state index in [9.17, 15) is 4.79 Å². The average molecular weight is 327 g/mol. The van der Waals surface area contributed by atoms with Gasteiger partial charge in [0, 0.05) is 29.9 Å². The number of carbonyl (C=O) groups is 1. The van der Waals surface area contributed by atoms with Gasteiger partial charge in [0.05, 0.1) is 0 Å². The molecule has 0 spiro atoms. The molecule has 2 N–H and O–H groups in total. The second-order valence-electron chi connectivity index (χ2n) is 5.84. The molecule has 4 heteroatoms. The minimum Gasteiger partial charge on any atom is -0.348 e. The van der Waals surface area contributed by atoms with Gasteiger partial charge in [0.15, 0.2) is 0 Å². The summed E-state index contributed by atoms with van der Waals surface area (Å²) in [4.78, 5) is 19.7. The maximum Gasteiger partial charge on any atom is 0.251 e. The van der Waals surface area contributed by atoms with E-state index in [1.165, 1.54) is 0 Å². The second-order valence-corrected chi connectivity index (χ2v) is 5.84. The Bertz CT molecular complexity index is 1000. The molecule has 0 aliphatic heterocycles. The van der Waals surface area contributed by atoms with Gasteiger partial charge in [-0.1, -0.05) is 42.5 Å². The van der Waals surface area contributed by atoms with Crippen LogP contribution in [0.1, 0.15) is 15.9 Å². The van der Waals surface area contributed by atoms with Gasteiger partial charge in [0.2, 0.25) is 0 Å². The van der Waals surface area contributed by atoms with E-state index in [1.54, 1.807) is 6.20 Å². The van der Waals surface area contributed by atoms with E-state index < -0.39 is 0 Å². The first kappa shape index (κ1) is 15.1. The van der Waals surface area contributed by atoms with E-state index in [1.807, 2.05) is 72.9 Å². The third-order valence-electron chi connectivity index (χ3n) is 4.21. The van der Waals surface area contributed by atoms with Crippen LogP contribution in [0.15, 0.2) is 79.1 Å². The zero-order valence-corrected chi connectivity index (χ0v) is 13.6. The predicted molar refractivity (Wildman–Crippen MR) is 99.1 cm³/mol. The number of amides is 1. The van der Waals surface area contributed by atoms with Gasteiger partial charge < -0.3 is 10.3 Å². The Morgan fingerprint density at radius 2 is 1.76 bits per heavy atom. The summed E-state index contributed by atoms with van der Waals surface area (Å²) in [6, 6.07) is 21.5. The Morgan fingerprint density at radius 1 is 0.960 bits per heavy atom. The number of carbonyl (C=O) groups excluding carboxylic acids is 1. The Kier molecular flexibility index (Phi) is 4.01. The van der Waals surface area contributed by atoms with E-state index in [-0.39, 0.29) is 5.91 Å². The van der Waals surface area contributed by atoms with Crippen LogP contribution in [-0.2, 0) is 6.54 Å². The molecule has 0 bridgehead atoms. The maximum absolute atomic E-state index is 12.3. The Balaban J connectivity index is 1.52. The first-order chi connectivity index (χ1) is 12.3. The fourth-order valence-electron chi connectivity index (χ4n) is 2.89. The smallest absolute Gasteiger partial charge is 0.251 e. The van der Waals surface area contributed by atoms with Crippen molar-refractivity contribution >= 4 is 16.9 Å². The summed E-state index contributed by atoms with van der Waals surface area (Å²) in [7, 11) is 0. The van der Waals surface area contributed by atoms with E-state index in [0.717, 1.165) is 27.7 Å². The van der Waals surface area contributed by atoms with Gasteiger partial charge in [-0.25, -0.2) is 4.98 Å². The maximum atomic E-state index is 12.3. The number of aromatic nitrogens is 2. The predicted octanol–water partition coefficient (Wildman–Crippen LogP) is 4.16. The summed E-state index contributed by atoms with van der Waals surface area (Å²) >= 11 is 0. The van der Waals surface area contributed by atoms with Crippen molar-refractivity contribution in [2.24, 2.45) is 0 Å². The lowest BCUT2D eigenvalue weighted by Gasteiger charge is -2.07. The number of nitrogens with zero attached hydrogens (tertiary/aromatic N) is 1. The number of nitrogens with one attached hydrogen (secondary N) is 2. The van der Waals surface area contributed by atoms with Crippen molar-refractivity contribution in [2.45, 2.75) is 6.54 Å². The third kappa shape index (κ3) is 3.15. The van der Waals surface area contributed by atoms with Crippen LogP contribution in [0.4, 0.5) is 0 Å². The topological polar surface area (TPSA) is 57.8 Å². The molecule has 0 unspecified atom stereocenters. The summed E-state index contributed by atoms with van der Waals surface area (Å²) < 4.78 is 0. The van der Waals surface area contributed by atoms with Gasteiger partial charge in [-0.15, -0.1) is 0 Å². The van der Waals surface area contributed by atoms with E-state index >= 15 is 0 Å². The third-order valence-corrected chi connectivity index (χ3v) is 4.21. The second kappa shape index (κ2) is 6.61. The molecule has 4 rings (SSSR count). The number of hydrogen-bond donors (Lipinski definition) is 2. The molecule has 4 nitrogen and oxygen atoms in total. The highest BCUT2D eigenvalue weighted by molar-refractivity contribution is 5.96. The lowest BCUT2D eigenvalue weighted by Crippen LogP contribution is -2.22. The Labute approximate surface area is 145 Å². The highest BCUT2D eigenvalue weighted by Gasteiger charge is 2.08. The number of aromatic amines is 1. The zero-order chi connectivity index (χ0) is 17.1. The van der Waals surface area contributed by atoms with E-state index in [2.05, 4.69) is 15.3 Å². The number of hydrogen-bond acceptors (Lipinski definition) is 2. The fourth-order valence-corrected chi connectivity index (χ4v) is 2.89. The van der Waals surface area contributed by atoms with Crippen LogP contribution >= 0.6 is 0 Å². The van der Waals surface area contributed by atoms with Crippen molar-refractivity contribution in [2.75, 3.05) is 0 Å². The molecule has 0 saturated carbocycles. The van der Waals surface area contributed by atoms with Gasteiger partial charge >= 0.3 is 0 Å². The monoisotopic (exact) mass is 327 g/mol. The van der Waals surface area contributed by atoms with Crippen molar-refractivity contribution in [3.63, 3.8) is 0 Å². The number of fused-ring (bicyclic) bond motifs is 1. The minimum absolute atomic E-state index is 0.0723. The molecule has 2 aromatic carbocycles. The van der Waals surface area contributed by atoms with Gasteiger partial charge in [0.25, 0.3) is 5.91 Å². The summed E-state index contributed by atoms with van der Waals surface area (Å²) in [6.45, 7) is 0.524. The van der Waals surface area contributed by atoms with Crippen molar-refractivity contribution < 1.29 is 4.79 Å². The minimum atomic E-state index is -0.0723. The quantitative estimate of drug-likeness (QED) is 0.591. The van der Waals surface area contributed by atoms with Gasteiger partial charge in [0.1, 0.15) is 5.65 Å². The average Bonchev–Trinajstić information content (AvgIpc) is 3.16. The standard InChI is InChI=1S/C21H17N3O/c25-21(24-14-15-4-2-1-3-5-15)17-8-6-16(7-9-17)18-10-12-22-20-19(18)11-13-23-20/h1-13H,14H2,(H,22,23)(H,24,25). The van der Waals surface area contributed by atoms with Crippen LogP contribution in [0.2, 0.25) is 0 Å². The molecule has 122 valence electrons. The van der Waals surface area contributed by atoms with Gasteiger partial charge in [-0.2, -0.15) is 0 Å². The first-order valence-corrected chi connectivity index (χ1v) is 8.16. The van der Waals surface area contributed by atoms with E-state index in [0.29, 0.717) is 12.1 Å². The van der Waals surface area contributed by atoms with Crippen molar-refractivity contribution in [1.29, 1.82) is 0 Å².